The molecule has 1 aliphatic rings. The molecule has 0 heterocycles. The van der Waals surface area contributed by atoms with Crippen LogP contribution >= 0.6 is 0 Å². The van der Waals surface area contributed by atoms with Crippen LogP contribution in [0.3, 0.4) is 0 Å². The first-order valence-electron chi connectivity index (χ1n) is 13.9. The van der Waals surface area contributed by atoms with Crippen molar-refractivity contribution >= 4 is 12.9 Å². The fraction of sp³-hybridized carbons (Fsp3) is 0.189. The Hall–Kier alpha value is -3.92. The highest BCUT2D eigenvalue weighted by Crippen LogP contribution is 2.57. The van der Waals surface area contributed by atoms with Crippen LogP contribution in [0.4, 0.5) is 0 Å². The Morgan fingerprint density at radius 2 is 1.07 bits per heavy atom. The summed E-state index contributed by atoms with van der Waals surface area (Å²) in [5.74, 6) is 0. The summed E-state index contributed by atoms with van der Waals surface area (Å²) in [4.78, 5) is 0. The molecule has 1 radical (unpaired) electrons. The van der Waals surface area contributed by atoms with Gasteiger partial charge in [-0.1, -0.05) is 133 Å². The van der Waals surface area contributed by atoms with Gasteiger partial charge >= 0.3 is 7.48 Å². The minimum Gasteiger partial charge on any atom is -0.427 e. The number of rotatable bonds is 7. The standard InChI is InChI=1S/C37H34BO2/c1-35(2,39)36(3,4)40-38-28-18-14-15-26(25-28)29-19-8-11-22-32(29)37(27-16-6-5-7-17-27)33-23-12-9-20-30(33)31-21-10-13-24-34(31)37/h5-25,39H,1-4H3. The van der Waals surface area contributed by atoms with Crippen molar-refractivity contribution in [3.8, 4) is 22.3 Å². The van der Waals surface area contributed by atoms with Crippen LogP contribution in [-0.4, -0.2) is 23.8 Å². The predicted molar refractivity (Wildman–Crippen MR) is 166 cm³/mol. The first-order chi connectivity index (χ1) is 19.2. The number of fused-ring (bicyclic) bond motifs is 3. The van der Waals surface area contributed by atoms with Gasteiger partial charge in [0.25, 0.3) is 0 Å². The van der Waals surface area contributed by atoms with Gasteiger partial charge in [0.2, 0.25) is 0 Å². The highest BCUT2D eigenvalue weighted by molar-refractivity contribution is 6.47. The van der Waals surface area contributed by atoms with Crippen molar-refractivity contribution in [1.82, 2.24) is 0 Å². The van der Waals surface area contributed by atoms with Gasteiger partial charge in [-0.25, -0.2) is 0 Å². The molecule has 0 fully saturated rings. The SMILES string of the molecule is CC(C)(O)C(C)(C)O[B]c1cccc(-c2ccccc2C2(c3ccccc3)c3ccccc3-c3ccccc32)c1. The second-order valence-electron chi connectivity index (χ2n) is 11.7. The molecule has 40 heavy (non-hydrogen) atoms. The Bertz CT molecular complexity index is 1620. The monoisotopic (exact) mass is 521 g/mol. The van der Waals surface area contributed by atoms with Crippen LogP contribution in [0.5, 0.6) is 0 Å². The normalized spacial score (nSPS) is 13.9. The molecule has 0 saturated heterocycles. The van der Waals surface area contributed by atoms with Gasteiger partial charge in [-0.05, 0) is 72.2 Å². The second kappa shape index (κ2) is 9.93. The van der Waals surface area contributed by atoms with E-state index in [2.05, 4.69) is 121 Å². The van der Waals surface area contributed by atoms with Gasteiger partial charge in [0, 0.05) is 0 Å². The zero-order chi connectivity index (χ0) is 28.0. The smallest absolute Gasteiger partial charge is 0.330 e. The fourth-order valence-corrected chi connectivity index (χ4v) is 5.88. The van der Waals surface area contributed by atoms with Gasteiger partial charge in [0.05, 0.1) is 16.6 Å². The van der Waals surface area contributed by atoms with Gasteiger partial charge in [-0.15, -0.1) is 0 Å². The van der Waals surface area contributed by atoms with Crippen molar-refractivity contribution < 1.29 is 9.76 Å². The number of hydrogen-bond acceptors (Lipinski definition) is 2. The van der Waals surface area contributed by atoms with Crippen LogP contribution < -0.4 is 5.46 Å². The third-order valence-electron chi connectivity index (χ3n) is 8.65. The van der Waals surface area contributed by atoms with E-state index in [9.17, 15) is 5.11 Å². The summed E-state index contributed by atoms with van der Waals surface area (Å²) in [5, 5.41) is 10.6. The van der Waals surface area contributed by atoms with E-state index in [1.807, 2.05) is 19.9 Å². The van der Waals surface area contributed by atoms with E-state index in [0.717, 1.165) is 11.0 Å². The summed E-state index contributed by atoms with van der Waals surface area (Å²) in [6.45, 7) is 7.35. The van der Waals surface area contributed by atoms with E-state index < -0.39 is 16.6 Å². The minimum absolute atomic E-state index is 0.468. The summed E-state index contributed by atoms with van der Waals surface area (Å²) < 4.78 is 6.11. The van der Waals surface area contributed by atoms with Gasteiger partial charge < -0.3 is 9.76 Å². The molecule has 5 aromatic rings. The van der Waals surface area contributed by atoms with E-state index in [0.29, 0.717) is 0 Å². The number of benzene rings is 5. The molecule has 0 unspecified atom stereocenters. The molecule has 0 amide bonds. The Labute approximate surface area is 238 Å². The van der Waals surface area contributed by atoms with Crippen LogP contribution in [0.2, 0.25) is 0 Å². The van der Waals surface area contributed by atoms with E-state index >= 15 is 0 Å². The molecule has 3 heteroatoms. The van der Waals surface area contributed by atoms with Gasteiger partial charge in [-0.3, -0.25) is 0 Å². The lowest BCUT2D eigenvalue weighted by Gasteiger charge is -2.37. The molecule has 2 nitrogen and oxygen atoms in total. The van der Waals surface area contributed by atoms with E-state index in [1.54, 1.807) is 21.3 Å². The van der Waals surface area contributed by atoms with Crippen molar-refractivity contribution in [2.24, 2.45) is 0 Å². The zero-order valence-corrected chi connectivity index (χ0v) is 23.6. The predicted octanol–water partition coefficient (Wildman–Crippen LogP) is 7.53. The van der Waals surface area contributed by atoms with Gasteiger partial charge in [0.1, 0.15) is 0 Å². The summed E-state index contributed by atoms with van der Waals surface area (Å²) in [6.07, 6.45) is 0. The molecule has 6 rings (SSSR count). The molecular weight excluding hydrogens is 487 g/mol. The molecule has 0 saturated carbocycles. The number of hydrogen-bond donors (Lipinski definition) is 1. The van der Waals surface area contributed by atoms with Crippen molar-refractivity contribution in [2.45, 2.75) is 44.3 Å². The quantitative estimate of drug-likeness (QED) is 0.220. The zero-order valence-electron chi connectivity index (χ0n) is 23.6. The Morgan fingerprint density at radius 1 is 0.575 bits per heavy atom. The lowest BCUT2D eigenvalue weighted by Crippen LogP contribution is -2.49. The first kappa shape index (κ1) is 26.3. The molecule has 0 atom stereocenters. The molecule has 0 spiro atoms. The molecule has 5 aromatic carbocycles. The lowest BCUT2D eigenvalue weighted by atomic mass is 9.66. The van der Waals surface area contributed by atoms with Crippen LogP contribution in [0.15, 0.2) is 127 Å². The largest absolute Gasteiger partial charge is 0.427 e. The average molecular weight is 521 g/mol. The maximum Gasteiger partial charge on any atom is 0.330 e. The maximum atomic E-state index is 10.6. The first-order valence-corrected chi connectivity index (χ1v) is 13.9. The third-order valence-corrected chi connectivity index (χ3v) is 8.65. The molecule has 0 aliphatic heterocycles. The van der Waals surface area contributed by atoms with Crippen molar-refractivity contribution in [2.75, 3.05) is 0 Å². The average Bonchev–Trinajstić information content (AvgIpc) is 3.27. The summed E-state index contributed by atoms with van der Waals surface area (Å²) in [6, 6.07) is 45.8. The topological polar surface area (TPSA) is 29.5 Å². The third kappa shape index (κ3) is 4.21. The summed E-state index contributed by atoms with van der Waals surface area (Å²) in [7, 11) is 1.76. The van der Waals surface area contributed by atoms with Crippen molar-refractivity contribution in [3.05, 3.63) is 150 Å². The van der Waals surface area contributed by atoms with E-state index in [4.69, 9.17) is 4.65 Å². The minimum atomic E-state index is -0.987. The number of aliphatic hydroxyl groups is 1. The van der Waals surface area contributed by atoms with Crippen LogP contribution in [-0.2, 0) is 10.1 Å². The summed E-state index contributed by atoms with van der Waals surface area (Å²) in [5.41, 5.74) is 8.69. The molecule has 1 N–H and O–H groups in total. The van der Waals surface area contributed by atoms with Gasteiger partial charge in [-0.2, -0.15) is 0 Å². The summed E-state index contributed by atoms with van der Waals surface area (Å²) >= 11 is 0. The molecular formula is C37H34BO2. The van der Waals surface area contributed by atoms with Crippen molar-refractivity contribution in [1.29, 1.82) is 0 Å². The van der Waals surface area contributed by atoms with Gasteiger partial charge in [0.15, 0.2) is 0 Å². The van der Waals surface area contributed by atoms with Crippen LogP contribution in [0, 0.1) is 0 Å². The van der Waals surface area contributed by atoms with E-state index in [-0.39, 0.29) is 0 Å². The fourth-order valence-electron chi connectivity index (χ4n) is 5.88. The maximum absolute atomic E-state index is 10.6. The highest BCUT2D eigenvalue weighted by Gasteiger charge is 2.46. The molecule has 1 aliphatic carbocycles. The van der Waals surface area contributed by atoms with E-state index in [1.165, 1.54) is 38.9 Å². The second-order valence-corrected chi connectivity index (χ2v) is 11.7. The van der Waals surface area contributed by atoms with Crippen LogP contribution in [0.1, 0.15) is 49.9 Å². The Balaban J connectivity index is 1.55. The molecule has 0 bridgehead atoms. The lowest BCUT2D eigenvalue weighted by molar-refractivity contribution is -0.0893. The Kier molecular flexibility index (Phi) is 6.53. The van der Waals surface area contributed by atoms with Crippen LogP contribution in [0.25, 0.3) is 22.3 Å². The highest BCUT2D eigenvalue weighted by atomic mass is 16.5. The Morgan fingerprint density at radius 3 is 1.65 bits per heavy atom. The molecule has 197 valence electrons. The molecule has 0 aromatic heterocycles. The van der Waals surface area contributed by atoms with Crippen molar-refractivity contribution in [3.63, 3.8) is 0 Å².